The van der Waals surface area contributed by atoms with E-state index in [0.717, 1.165) is 44.6 Å². The zero-order valence-corrected chi connectivity index (χ0v) is 17.5. The molecule has 1 aromatic rings. The number of rotatable bonds is 8. The van der Waals surface area contributed by atoms with Gasteiger partial charge < -0.3 is 19.1 Å². The maximum Gasteiger partial charge on any atom is 0.224 e. The highest BCUT2D eigenvalue weighted by Gasteiger charge is 2.41. The zero-order valence-electron chi connectivity index (χ0n) is 17.5. The Labute approximate surface area is 168 Å². The summed E-state index contributed by atoms with van der Waals surface area (Å²) in [7, 11) is 3.54. The Balaban J connectivity index is 1.48. The van der Waals surface area contributed by atoms with Crippen LogP contribution in [0.3, 0.4) is 0 Å². The van der Waals surface area contributed by atoms with Gasteiger partial charge in [-0.1, -0.05) is 6.92 Å². The predicted octanol–water partition coefficient (Wildman–Crippen LogP) is 1.96. The quantitative estimate of drug-likeness (QED) is 0.680. The van der Waals surface area contributed by atoms with Crippen molar-refractivity contribution in [3.05, 3.63) is 18.2 Å². The Hall–Kier alpha value is -1.89. The van der Waals surface area contributed by atoms with E-state index in [9.17, 15) is 9.59 Å². The smallest absolute Gasteiger partial charge is 0.224 e. The van der Waals surface area contributed by atoms with Gasteiger partial charge in [0.25, 0.3) is 0 Å². The average molecular weight is 391 g/mol. The molecule has 0 spiro atoms. The molecule has 0 bridgehead atoms. The number of piperidine rings is 1. The summed E-state index contributed by atoms with van der Waals surface area (Å²) < 4.78 is 7.11. The van der Waals surface area contributed by atoms with E-state index < -0.39 is 0 Å². The number of ether oxygens (including phenoxy) is 1. The zero-order chi connectivity index (χ0) is 20.1. The summed E-state index contributed by atoms with van der Waals surface area (Å²) in [6.45, 7) is 4.94. The van der Waals surface area contributed by atoms with Gasteiger partial charge in [-0.2, -0.15) is 0 Å². The lowest BCUT2D eigenvalue weighted by Gasteiger charge is -2.35. The molecular formula is C21H34N4O3. The van der Waals surface area contributed by atoms with Crippen LogP contribution in [-0.4, -0.2) is 71.1 Å². The first kappa shape index (κ1) is 20.8. The summed E-state index contributed by atoms with van der Waals surface area (Å²) in [5.74, 6) is 2.57. The van der Waals surface area contributed by atoms with Gasteiger partial charge in [-0.05, 0) is 31.1 Å². The molecular weight excluding hydrogens is 356 g/mol. The summed E-state index contributed by atoms with van der Waals surface area (Å²) in [6, 6.07) is 0.299. The maximum atomic E-state index is 12.7. The number of amides is 2. The van der Waals surface area contributed by atoms with Gasteiger partial charge in [0.1, 0.15) is 5.82 Å². The topological polar surface area (TPSA) is 67.7 Å². The first-order chi connectivity index (χ1) is 13.5. The van der Waals surface area contributed by atoms with Crippen LogP contribution in [-0.2, 0) is 27.3 Å². The number of nitrogens with zero attached hydrogens (tertiary/aromatic N) is 4. The molecule has 0 radical (unpaired) electrons. The van der Waals surface area contributed by atoms with Crippen molar-refractivity contribution in [2.75, 3.05) is 33.9 Å². The summed E-state index contributed by atoms with van der Waals surface area (Å²) in [5, 5.41) is 0. The lowest BCUT2D eigenvalue weighted by atomic mass is 9.88. The molecule has 28 heavy (non-hydrogen) atoms. The van der Waals surface area contributed by atoms with Crippen LogP contribution in [0.25, 0.3) is 0 Å². The van der Waals surface area contributed by atoms with Crippen LogP contribution < -0.4 is 0 Å². The van der Waals surface area contributed by atoms with E-state index in [1.54, 1.807) is 13.3 Å². The van der Waals surface area contributed by atoms with E-state index in [2.05, 4.69) is 16.5 Å². The van der Waals surface area contributed by atoms with E-state index in [4.69, 9.17) is 4.74 Å². The number of carbonyl (C=O) groups is 2. The van der Waals surface area contributed by atoms with Crippen molar-refractivity contribution < 1.29 is 14.3 Å². The van der Waals surface area contributed by atoms with Crippen molar-refractivity contribution in [2.24, 2.45) is 11.8 Å². The molecule has 156 valence electrons. The molecule has 1 aliphatic heterocycles. The minimum absolute atomic E-state index is 0.158. The van der Waals surface area contributed by atoms with Crippen LogP contribution in [0.2, 0.25) is 0 Å². The Kier molecular flexibility index (Phi) is 7.10. The van der Waals surface area contributed by atoms with E-state index in [1.807, 2.05) is 23.0 Å². The highest BCUT2D eigenvalue weighted by Crippen LogP contribution is 2.40. The largest absolute Gasteiger partial charge is 0.384 e. The fourth-order valence-corrected chi connectivity index (χ4v) is 4.80. The minimum atomic E-state index is 0.158. The third-order valence-electron chi connectivity index (χ3n) is 6.54. The molecule has 0 N–H and O–H groups in total. The number of fused-ring (bicyclic) bond motifs is 1. The van der Waals surface area contributed by atoms with E-state index >= 15 is 0 Å². The fraction of sp³-hybridized carbons (Fsp3) is 0.762. The van der Waals surface area contributed by atoms with Gasteiger partial charge in [0.2, 0.25) is 11.8 Å². The predicted molar refractivity (Wildman–Crippen MR) is 107 cm³/mol. The molecule has 1 aromatic heterocycles. The maximum absolute atomic E-state index is 12.7. The van der Waals surface area contributed by atoms with E-state index in [1.165, 1.54) is 0 Å². The van der Waals surface area contributed by atoms with Gasteiger partial charge in [-0.3, -0.25) is 9.59 Å². The van der Waals surface area contributed by atoms with Gasteiger partial charge >= 0.3 is 0 Å². The lowest BCUT2D eigenvalue weighted by molar-refractivity contribution is -0.134. The summed E-state index contributed by atoms with van der Waals surface area (Å²) >= 11 is 0. The number of imidazole rings is 1. The number of hydrogen-bond acceptors (Lipinski definition) is 4. The Morgan fingerprint density at radius 3 is 2.82 bits per heavy atom. The molecule has 2 amide bonds. The molecule has 7 nitrogen and oxygen atoms in total. The first-order valence-electron chi connectivity index (χ1n) is 10.6. The fourth-order valence-electron chi connectivity index (χ4n) is 4.80. The molecule has 1 saturated carbocycles. The second-order valence-electron chi connectivity index (χ2n) is 8.16. The molecule has 0 aromatic carbocycles. The number of likely N-dealkylation sites (tertiary alicyclic amines) is 1. The number of hydrogen-bond donors (Lipinski definition) is 0. The van der Waals surface area contributed by atoms with Crippen LogP contribution in [0, 0.1) is 11.8 Å². The standard InChI is InChI=1S/C21H34N4O3/c1-4-19-22-8-11-24(19)10-6-21(27)25-9-5-16-13-18(14-17(16)15-25)23(2)20(26)7-12-28-3/h8,11,16-18H,4-7,9-10,12-15H2,1-3H3/t16-,17-,18+/m1/s1. The SMILES string of the molecule is CCc1nccn1CCC(=O)N1CC[C@@H]2C[C@H](N(C)C(=O)CCOC)C[C@@H]2C1. The van der Waals surface area contributed by atoms with Crippen molar-refractivity contribution in [1.82, 2.24) is 19.4 Å². The normalized spacial score (nSPS) is 24.2. The highest BCUT2D eigenvalue weighted by molar-refractivity contribution is 5.77. The molecule has 2 heterocycles. The summed E-state index contributed by atoms with van der Waals surface area (Å²) in [4.78, 5) is 33.3. The van der Waals surface area contributed by atoms with Crippen molar-refractivity contribution in [1.29, 1.82) is 0 Å². The van der Waals surface area contributed by atoms with Crippen molar-refractivity contribution >= 4 is 11.8 Å². The molecule has 7 heteroatoms. The number of carbonyl (C=O) groups excluding carboxylic acids is 2. The van der Waals surface area contributed by atoms with Crippen LogP contribution in [0.1, 0.15) is 44.9 Å². The minimum Gasteiger partial charge on any atom is -0.384 e. The van der Waals surface area contributed by atoms with Gasteiger partial charge in [0.05, 0.1) is 13.0 Å². The molecule has 1 aliphatic carbocycles. The third kappa shape index (κ3) is 4.74. The Bertz CT molecular complexity index is 674. The van der Waals surface area contributed by atoms with Crippen molar-refractivity contribution in [3.8, 4) is 0 Å². The van der Waals surface area contributed by atoms with E-state index in [0.29, 0.717) is 43.9 Å². The number of aryl methyl sites for hydroxylation is 2. The number of aromatic nitrogens is 2. The lowest BCUT2D eigenvalue weighted by Crippen LogP contribution is -2.42. The van der Waals surface area contributed by atoms with Gasteiger partial charge in [0.15, 0.2) is 0 Å². The Morgan fingerprint density at radius 2 is 2.07 bits per heavy atom. The summed E-state index contributed by atoms with van der Waals surface area (Å²) in [6.07, 6.45) is 8.73. The average Bonchev–Trinajstić information content (AvgIpc) is 3.35. The second kappa shape index (κ2) is 9.54. The number of methoxy groups -OCH3 is 1. The molecule has 2 aliphatic rings. The van der Waals surface area contributed by atoms with Gasteiger partial charge in [0, 0.05) is 65.1 Å². The molecule has 3 atom stereocenters. The second-order valence-corrected chi connectivity index (χ2v) is 8.16. The molecule has 3 rings (SSSR count). The van der Waals surface area contributed by atoms with Crippen LogP contribution in [0.5, 0.6) is 0 Å². The summed E-state index contributed by atoms with van der Waals surface area (Å²) in [5.41, 5.74) is 0. The van der Waals surface area contributed by atoms with Gasteiger partial charge in [-0.15, -0.1) is 0 Å². The molecule has 0 unspecified atom stereocenters. The van der Waals surface area contributed by atoms with E-state index in [-0.39, 0.29) is 11.8 Å². The Morgan fingerprint density at radius 1 is 1.29 bits per heavy atom. The van der Waals surface area contributed by atoms with Crippen LogP contribution >= 0.6 is 0 Å². The first-order valence-corrected chi connectivity index (χ1v) is 10.6. The molecule has 1 saturated heterocycles. The van der Waals surface area contributed by atoms with Crippen LogP contribution in [0.4, 0.5) is 0 Å². The highest BCUT2D eigenvalue weighted by atomic mass is 16.5. The van der Waals surface area contributed by atoms with Gasteiger partial charge in [-0.25, -0.2) is 4.98 Å². The molecule has 2 fully saturated rings. The van der Waals surface area contributed by atoms with Crippen molar-refractivity contribution in [2.45, 2.75) is 58.0 Å². The monoisotopic (exact) mass is 390 g/mol. The third-order valence-corrected chi connectivity index (χ3v) is 6.54. The van der Waals surface area contributed by atoms with Crippen LogP contribution in [0.15, 0.2) is 12.4 Å². The van der Waals surface area contributed by atoms with Crippen molar-refractivity contribution in [3.63, 3.8) is 0 Å².